The average Bonchev–Trinajstić information content (AvgIpc) is 2.37. The van der Waals surface area contributed by atoms with Crippen LogP contribution < -0.4 is 10.1 Å². The van der Waals surface area contributed by atoms with Crippen molar-refractivity contribution in [3.63, 3.8) is 0 Å². The van der Waals surface area contributed by atoms with Gasteiger partial charge in [0.25, 0.3) is 0 Å². The normalized spacial score (nSPS) is 10.4. The Balaban J connectivity index is 2.25. The second-order valence-corrected chi connectivity index (χ2v) is 4.55. The number of hydrogen-bond acceptors (Lipinski definition) is 3. The molecule has 1 aromatic carbocycles. The number of rotatable bonds is 4. The number of pyridine rings is 1. The quantitative estimate of drug-likeness (QED) is 0.938. The van der Waals surface area contributed by atoms with E-state index in [0.29, 0.717) is 22.5 Å². The third-order valence-corrected chi connectivity index (χ3v) is 2.99. The predicted molar refractivity (Wildman–Crippen MR) is 71.2 cm³/mol. The highest BCUT2D eigenvalue weighted by atomic mass is 79.9. The van der Waals surface area contributed by atoms with Crippen LogP contribution >= 0.6 is 15.9 Å². The van der Waals surface area contributed by atoms with Gasteiger partial charge in [-0.1, -0.05) is 0 Å². The fourth-order valence-electron chi connectivity index (χ4n) is 1.50. The van der Waals surface area contributed by atoms with Gasteiger partial charge in [-0.15, -0.1) is 0 Å². The first kappa shape index (κ1) is 13.0. The monoisotopic (exact) mass is 310 g/mol. The van der Waals surface area contributed by atoms with Crippen molar-refractivity contribution in [3.8, 4) is 11.5 Å². The van der Waals surface area contributed by atoms with Crippen molar-refractivity contribution in [2.24, 2.45) is 0 Å². The molecule has 5 heteroatoms. The molecule has 0 saturated heterocycles. The van der Waals surface area contributed by atoms with Gasteiger partial charge in [0.2, 0.25) is 0 Å². The van der Waals surface area contributed by atoms with E-state index < -0.39 is 0 Å². The molecule has 0 bridgehead atoms. The van der Waals surface area contributed by atoms with E-state index in [2.05, 4.69) is 26.2 Å². The fourth-order valence-corrected chi connectivity index (χ4v) is 1.75. The summed E-state index contributed by atoms with van der Waals surface area (Å²) in [6, 6.07) is 6.42. The molecule has 2 rings (SSSR count). The van der Waals surface area contributed by atoms with E-state index in [1.165, 1.54) is 6.07 Å². The number of benzene rings is 1. The molecule has 0 atom stereocenters. The summed E-state index contributed by atoms with van der Waals surface area (Å²) in [7, 11) is 1.84. The Labute approximate surface area is 113 Å². The Morgan fingerprint density at radius 2 is 2.22 bits per heavy atom. The van der Waals surface area contributed by atoms with Gasteiger partial charge in [0.15, 0.2) is 0 Å². The lowest BCUT2D eigenvalue weighted by molar-refractivity contribution is 0.467. The van der Waals surface area contributed by atoms with Gasteiger partial charge in [0, 0.05) is 30.6 Å². The third-order valence-electron chi connectivity index (χ3n) is 2.34. The summed E-state index contributed by atoms with van der Waals surface area (Å²) < 4.78 is 19.5. The summed E-state index contributed by atoms with van der Waals surface area (Å²) in [4.78, 5) is 4.04. The van der Waals surface area contributed by atoms with Gasteiger partial charge >= 0.3 is 0 Å². The first-order chi connectivity index (χ1) is 8.70. The summed E-state index contributed by atoms with van der Waals surface area (Å²) in [6.07, 6.45) is 3.37. The maximum Gasteiger partial charge on any atom is 0.141 e. The molecule has 0 aliphatic heterocycles. The van der Waals surface area contributed by atoms with E-state index in [-0.39, 0.29) is 5.82 Å². The minimum atomic E-state index is -0.350. The van der Waals surface area contributed by atoms with Crippen LogP contribution in [0.2, 0.25) is 0 Å². The molecule has 2 aromatic rings. The van der Waals surface area contributed by atoms with E-state index in [9.17, 15) is 4.39 Å². The van der Waals surface area contributed by atoms with E-state index in [1.54, 1.807) is 30.6 Å². The lowest BCUT2D eigenvalue weighted by Crippen LogP contribution is -2.06. The van der Waals surface area contributed by atoms with Gasteiger partial charge in [-0.05, 0) is 41.2 Å². The molecule has 94 valence electrons. The Bertz CT molecular complexity index is 548. The highest BCUT2D eigenvalue weighted by Crippen LogP contribution is 2.27. The highest BCUT2D eigenvalue weighted by molar-refractivity contribution is 9.10. The van der Waals surface area contributed by atoms with Crippen molar-refractivity contribution in [1.29, 1.82) is 0 Å². The first-order valence-electron chi connectivity index (χ1n) is 5.41. The largest absolute Gasteiger partial charge is 0.457 e. The predicted octanol–water partition coefficient (Wildman–Crippen LogP) is 3.49. The zero-order valence-electron chi connectivity index (χ0n) is 9.78. The molecule has 1 N–H and O–H groups in total. The number of aromatic nitrogens is 1. The smallest absolute Gasteiger partial charge is 0.141 e. The van der Waals surface area contributed by atoms with Gasteiger partial charge in [-0.3, -0.25) is 4.98 Å². The minimum Gasteiger partial charge on any atom is -0.457 e. The second kappa shape index (κ2) is 5.93. The Morgan fingerprint density at radius 1 is 1.39 bits per heavy atom. The van der Waals surface area contributed by atoms with Crippen molar-refractivity contribution < 1.29 is 9.13 Å². The van der Waals surface area contributed by atoms with Gasteiger partial charge < -0.3 is 10.1 Å². The molecule has 0 spiro atoms. The van der Waals surface area contributed by atoms with Crippen molar-refractivity contribution in [2.75, 3.05) is 7.05 Å². The zero-order chi connectivity index (χ0) is 13.0. The van der Waals surface area contributed by atoms with Crippen LogP contribution in [-0.4, -0.2) is 12.0 Å². The summed E-state index contributed by atoms with van der Waals surface area (Å²) in [5.41, 5.74) is 0.920. The van der Waals surface area contributed by atoms with E-state index in [0.717, 1.165) is 5.56 Å². The molecule has 0 amide bonds. The molecule has 0 radical (unpaired) electrons. The van der Waals surface area contributed by atoms with E-state index in [1.807, 2.05) is 7.05 Å². The van der Waals surface area contributed by atoms with Crippen molar-refractivity contribution >= 4 is 15.9 Å². The molecule has 0 fully saturated rings. The standard InChI is InChI=1S/C13H12BrFN2O/c1-16-7-9-8-17-5-4-13(9)18-10-2-3-11(14)12(15)6-10/h2-6,8,16H,7H2,1H3. The molecule has 0 aliphatic rings. The van der Waals surface area contributed by atoms with Crippen LogP contribution in [0.15, 0.2) is 41.1 Å². The molecule has 1 aromatic heterocycles. The third kappa shape index (κ3) is 3.05. The van der Waals surface area contributed by atoms with Gasteiger partial charge in [0.05, 0.1) is 4.47 Å². The van der Waals surface area contributed by atoms with Crippen LogP contribution in [0.3, 0.4) is 0 Å². The fraction of sp³-hybridized carbons (Fsp3) is 0.154. The van der Waals surface area contributed by atoms with Gasteiger partial charge in [0.1, 0.15) is 17.3 Å². The molecule has 1 heterocycles. The molecule has 3 nitrogen and oxygen atoms in total. The van der Waals surface area contributed by atoms with Gasteiger partial charge in [-0.25, -0.2) is 4.39 Å². The van der Waals surface area contributed by atoms with Crippen LogP contribution in [0, 0.1) is 5.82 Å². The maximum atomic E-state index is 13.4. The van der Waals surface area contributed by atoms with E-state index in [4.69, 9.17) is 4.74 Å². The molecule has 18 heavy (non-hydrogen) atoms. The number of halogens is 2. The molecule has 0 saturated carbocycles. The van der Waals surface area contributed by atoms with Gasteiger partial charge in [-0.2, -0.15) is 0 Å². The lowest BCUT2D eigenvalue weighted by Gasteiger charge is -2.10. The van der Waals surface area contributed by atoms with Crippen molar-refractivity contribution in [2.45, 2.75) is 6.54 Å². The van der Waals surface area contributed by atoms with Crippen molar-refractivity contribution in [1.82, 2.24) is 10.3 Å². The van der Waals surface area contributed by atoms with Crippen molar-refractivity contribution in [3.05, 3.63) is 52.5 Å². The number of nitrogens with zero attached hydrogens (tertiary/aromatic N) is 1. The van der Waals surface area contributed by atoms with Crippen LogP contribution in [0.25, 0.3) is 0 Å². The molecular formula is C13H12BrFN2O. The maximum absolute atomic E-state index is 13.4. The first-order valence-corrected chi connectivity index (χ1v) is 6.20. The lowest BCUT2D eigenvalue weighted by atomic mass is 10.2. The zero-order valence-corrected chi connectivity index (χ0v) is 11.4. The average molecular weight is 311 g/mol. The summed E-state index contributed by atoms with van der Waals surface area (Å²) in [5, 5.41) is 3.03. The summed E-state index contributed by atoms with van der Waals surface area (Å²) >= 11 is 3.10. The van der Waals surface area contributed by atoms with Crippen LogP contribution in [0.1, 0.15) is 5.56 Å². The Hall–Kier alpha value is -1.46. The summed E-state index contributed by atoms with van der Waals surface area (Å²) in [5.74, 6) is 0.775. The molecule has 0 aliphatic carbocycles. The topological polar surface area (TPSA) is 34.2 Å². The van der Waals surface area contributed by atoms with Crippen LogP contribution in [-0.2, 0) is 6.54 Å². The minimum absolute atomic E-state index is 0.350. The van der Waals surface area contributed by atoms with E-state index >= 15 is 0 Å². The number of ether oxygens (including phenoxy) is 1. The highest BCUT2D eigenvalue weighted by Gasteiger charge is 2.06. The van der Waals surface area contributed by atoms with Crippen LogP contribution in [0.4, 0.5) is 4.39 Å². The summed E-state index contributed by atoms with van der Waals surface area (Å²) in [6.45, 7) is 0.641. The van der Waals surface area contributed by atoms with Crippen LogP contribution in [0.5, 0.6) is 11.5 Å². The second-order valence-electron chi connectivity index (χ2n) is 3.69. The Kier molecular flexibility index (Phi) is 4.28. The number of hydrogen-bond donors (Lipinski definition) is 1. The number of nitrogens with one attached hydrogen (secondary N) is 1. The molecular weight excluding hydrogens is 299 g/mol. The Morgan fingerprint density at radius 3 is 2.94 bits per heavy atom. The SMILES string of the molecule is CNCc1cnccc1Oc1ccc(Br)c(F)c1. The molecule has 0 unspecified atom stereocenters.